The molecule has 0 unspecified atom stereocenters. The fraction of sp³-hybridized carbons (Fsp3) is 0.188. The Morgan fingerprint density at radius 3 is 2.55 bits per heavy atom. The Morgan fingerprint density at radius 1 is 1.10 bits per heavy atom. The van der Waals surface area contributed by atoms with Crippen LogP contribution in [0.25, 0.3) is 0 Å². The Balaban J connectivity index is 2.28. The van der Waals surface area contributed by atoms with E-state index in [0.717, 1.165) is 5.56 Å². The molecule has 0 bridgehead atoms. The van der Waals surface area contributed by atoms with Crippen LogP contribution in [0.2, 0.25) is 0 Å². The Morgan fingerprint density at radius 2 is 1.85 bits per heavy atom. The van der Waals surface area contributed by atoms with E-state index in [9.17, 15) is 4.79 Å². The smallest absolute Gasteiger partial charge is 0.169 e. The third-order valence-electron chi connectivity index (χ3n) is 3.10. The highest BCUT2D eigenvalue weighted by molar-refractivity contribution is 6.02. The fourth-order valence-electron chi connectivity index (χ4n) is 2.02. The molecule has 0 aliphatic carbocycles. The van der Waals surface area contributed by atoms with Gasteiger partial charge in [0, 0.05) is 23.2 Å². The number of ether oxygens (including phenoxy) is 2. The maximum Gasteiger partial charge on any atom is 0.169 e. The quantitative estimate of drug-likeness (QED) is 0.671. The van der Waals surface area contributed by atoms with Crippen molar-refractivity contribution in [3.05, 3.63) is 53.6 Å². The second kappa shape index (κ2) is 6.10. The lowest BCUT2D eigenvalue weighted by Crippen LogP contribution is -2.08. The summed E-state index contributed by atoms with van der Waals surface area (Å²) in [6.07, 6.45) is 0.237. The molecule has 20 heavy (non-hydrogen) atoms. The highest BCUT2D eigenvalue weighted by atomic mass is 16.5. The summed E-state index contributed by atoms with van der Waals surface area (Å²) in [5.41, 5.74) is 7.61. The van der Waals surface area contributed by atoms with E-state index < -0.39 is 0 Å². The van der Waals surface area contributed by atoms with Crippen molar-refractivity contribution in [2.45, 2.75) is 6.42 Å². The third kappa shape index (κ3) is 2.91. The molecule has 0 saturated carbocycles. The van der Waals surface area contributed by atoms with E-state index in [1.165, 1.54) is 0 Å². The molecule has 0 amide bonds. The van der Waals surface area contributed by atoms with Crippen molar-refractivity contribution in [3.8, 4) is 11.5 Å². The van der Waals surface area contributed by atoms with Crippen LogP contribution in [0.3, 0.4) is 0 Å². The largest absolute Gasteiger partial charge is 0.497 e. The molecule has 2 aromatic rings. The van der Waals surface area contributed by atoms with E-state index >= 15 is 0 Å². The molecule has 0 spiro atoms. The summed E-state index contributed by atoms with van der Waals surface area (Å²) in [5, 5.41) is 0. The predicted molar refractivity (Wildman–Crippen MR) is 78.4 cm³/mol. The standard InChI is InChI=1S/C16H17NO3/c1-19-12-7-8-14(17)13(10-12)15(18)9-11-5-3-4-6-16(11)20-2/h3-8,10H,9,17H2,1-2H3. The minimum atomic E-state index is -0.0640. The van der Waals surface area contributed by atoms with Gasteiger partial charge in [0.2, 0.25) is 0 Å². The summed E-state index contributed by atoms with van der Waals surface area (Å²) in [6.45, 7) is 0. The highest BCUT2D eigenvalue weighted by Gasteiger charge is 2.14. The van der Waals surface area contributed by atoms with Crippen LogP contribution in [-0.2, 0) is 6.42 Å². The van der Waals surface area contributed by atoms with Gasteiger partial charge in [-0.2, -0.15) is 0 Å². The number of nitrogen functional groups attached to an aromatic ring is 1. The number of hydrogen-bond donors (Lipinski definition) is 1. The van der Waals surface area contributed by atoms with Crippen LogP contribution in [0.15, 0.2) is 42.5 Å². The highest BCUT2D eigenvalue weighted by Crippen LogP contribution is 2.24. The first-order chi connectivity index (χ1) is 9.65. The molecule has 0 aliphatic rings. The van der Waals surface area contributed by atoms with Crippen molar-refractivity contribution in [2.75, 3.05) is 20.0 Å². The molecule has 0 atom stereocenters. The molecule has 4 nitrogen and oxygen atoms in total. The molecule has 104 valence electrons. The Hall–Kier alpha value is -2.49. The maximum atomic E-state index is 12.4. The summed E-state index contributed by atoms with van der Waals surface area (Å²) in [5.74, 6) is 1.25. The Bertz CT molecular complexity index is 623. The van der Waals surface area contributed by atoms with Crippen LogP contribution < -0.4 is 15.2 Å². The van der Waals surface area contributed by atoms with Crippen molar-refractivity contribution in [3.63, 3.8) is 0 Å². The Labute approximate surface area is 118 Å². The molecule has 0 aromatic heterocycles. The van der Waals surface area contributed by atoms with Gasteiger partial charge in [-0.3, -0.25) is 4.79 Å². The molecule has 0 aliphatic heterocycles. The van der Waals surface area contributed by atoms with E-state index in [4.69, 9.17) is 15.2 Å². The van der Waals surface area contributed by atoms with Gasteiger partial charge in [-0.25, -0.2) is 0 Å². The number of nitrogens with two attached hydrogens (primary N) is 1. The van der Waals surface area contributed by atoms with Crippen LogP contribution in [0, 0.1) is 0 Å². The van der Waals surface area contributed by atoms with Gasteiger partial charge in [0.1, 0.15) is 11.5 Å². The number of carbonyl (C=O) groups is 1. The predicted octanol–water partition coefficient (Wildman–Crippen LogP) is 2.71. The summed E-state index contributed by atoms with van der Waals surface area (Å²) in [7, 11) is 3.14. The van der Waals surface area contributed by atoms with Gasteiger partial charge in [-0.15, -0.1) is 0 Å². The second-order valence-electron chi connectivity index (χ2n) is 4.36. The van der Waals surface area contributed by atoms with Gasteiger partial charge in [-0.05, 0) is 24.3 Å². The van der Waals surface area contributed by atoms with Crippen molar-refractivity contribution in [1.82, 2.24) is 0 Å². The average molecular weight is 271 g/mol. The van der Waals surface area contributed by atoms with Gasteiger partial charge in [0.25, 0.3) is 0 Å². The molecule has 2 N–H and O–H groups in total. The molecule has 0 heterocycles. The van der Waals surface area contributed by atoms with E-state index in [0.29, 0.717) is 22.7 Å². The molecule has 2 rings (SSSR count). The van der Waals surface area contributed by atoms with E-state index in [1.807, 2.05) is 24.3 Å². The van der Waals surface area contributed by atoms with Crippen LogP contribution in [0.4, 0.5) is 5.69 Å². The molecular formula is C16H17NO3. The number of benzene rings is 2. The fourth-order valence-corrected chi connectivity index (χ4v) is 2.02. The molecule has 0 fully saturated rings. The van der Waals surface area contributed by atoms with E-state index in [-0.39, 0.29) is 12.2 Å². The zero-order chi connectivity index (χ0) is 14.5. The van der Waals surface area contributed by atoms with Gasteiger partial charge < -0.3 is 15.2 Å². The lowest BCUT2D eigenvalue weighted by molar-refractivity contribution is 0.0992. The normalized spacial score (nSPS) is 10.1. The van der Waals surface area contributed by atoms with E-state index in [2.05, 4.69) is 0 Å². The number of methoxy groups -OCH3 is 2. The summed E-state index contributed by atoms with van der Waals surface area (Å²) in [4.78, 5) is 12.4. The Kier molecular flexibility index (Phi) is 4.25. The summed E-state index contributed by atoms with van der Waals surface area (Å²) in [6, 6.07) is 12.5. The van der Waals surface area contributed by atoms with Crippen molar-refractivity contribution < 1.29 is 14.3 Å². The zero-order valence-corrected chi connectivity index (χ0v) is 11.6. The first-order valence-electron chi connectivity index (χ1n) is 6.24. The number of rotatable bonds is 5. The van der Waals surface area contributed by atoms with Crippen LogP contribution in [0.5, 0.6) is 11.5 Å². The molecule has 4 heteroatoms. The van der Waals surface area contributed by atoms with Crippen molar-refractivity contribution >= 4 is 11.5 Å². The maximum absolute atomic E-state index is 12.4. The monoisotopic (exact) mass is 271 g/mol. The summed E-state index contributed by atoms with van der Waals surface area (Å²) >= 11 is 0. The minimum absolute atomic E-state index is 0.0640. The average Bonchev–Trinajstić information content (AvgIpc) is 2.48. The molecule has 0 saturated heterocycles. The van der Waals surface area contributed by atoms with Gasteiger partial charge in [0.15, 0.2) is 5.78 Å². The van der Waals surface area contributed by atoms with Gasteiger partial charge in [-0.1, -0.05) is 18.2 Å². The zero-order valence-electron chi connectivity index (χ0n) is 11.6. The van der Waals surface area contributed by atoms with Crippen molar-refractivity contribution in [2.24, 2.45) is 0 Å². The minimum Gasteiger partial charge on any atom is -0.497 e. The first kappa shape index (κ1) is 13.9. The lowest BCUT2D eigenvalue weighted by Gasteiger charge is -2.10. The lowest BCUT2D eigenvalue weighted by atomic mass is 10.0. The SMILES string of the molecule is COc1ccc(N)c(C(=O)Cc2ccccc2OC)c1. The van der Waals surface area contributed by atoms with Crippen LogP contribution in [0.1, 0.15) is 15.9 Å². The van der Waals surface area contributed by atoms with Gasteiger partial charge >= 0.3 is 0 Å². The van der Waals surface area contributed by atoms with Crippen LogP contribution in [-0.4, -0.2) is 20.0 Å². The summed E-state index contributed by atoms with van der Waals surface area (Å²) < 4.78 is 10.4. The first-order valence-corrected chi connectivity index (χ1v) is 6.24. The van der Waals surface area contributed by atoms with E-state index in [1.54, 1.807) is 32.4 Å². The molecule has 0 radical (unpaired) electrons. The third-order valence-corrected chi connectivity index (χ3v) is 3.10. The number of carbonyl (C=O) groups excluding carboxylic acids is 1. The van der Waals surface area contributed by atoms with Crippen molar-refractivity contribution in [1.29, 1.82) is 0 Å². The number of anilines is 1. The second-order valence-corrected chi connectivity index (χ2v) is 4.36. The van der Waals surface area contributed by atoms with Crippen LogP contribution >= 0.6 is 0 Å². The van der Waals surface area contributed by atoms with Gasteiger partial charge in [0.05, 0.1) is 14.2 Å². The molecule has 2 aromatic carbocycles. The number of hydrogen-bond acceptors (Lipinski definition) is 4. The number of Topliss-reactive ketones (excluding diaryl/α,β-unsaturated/α-hetero) is 1. The topological polar surface area (TPSA) is 61.5 Å². The molecular weight excluding hydrogens is 254 g/mol. The number of para-hydroxylation sites is 1. The number of ketones is 1.